The van der Waals surface area contributed by atoms with Gasteiger partial charge in [0, 0.05) is 12.0 Å². The molecular weight excluding hydrogens is 370 g/mol. The number of para-hydroxylation sites is 1. The third-order valence-corrected chi connectivity index (χ3v) is 6.22. The number of hydrogen-bond donors (Lipinski definition) is 2. The third-order valence-electron chi connectivity index (χ3n) is 6.22. The summed E-state index contributed by atoms with van der Waals surface area (Å²) in [5.41, 5.74) is -0.00211. The Labute approximate surface area is 171 Å². The van der Waals surface area contributed by atoms with Gasteiger partial charge in [-0.1, -0.05) is 39.0 Å². The van der Waals surface area contributed by atoms with E-state index in [-0.39, 0.29) is 29.8 Å². The molecule has 2 aliphatic heterocycles. The number of imide groups is 1. The highest BCUT2D eigenvalue weighted by molar-refractivity contribution is 6.09. The van der Waals surface area contributed by atoms with Crippen LogP contribution in [0.15, 0.2) is 24.3 Å². The second-order valence-corrected chi connectivity index (χ2v) is 9.55. The van der Waals surface area contributed by atoms with Crippen molar-refractivity contribution in [3.63, 3.8) is 0 Å². The Kier molecular flexibility index (Phi) is 4.79. The Morgan fingerprint density at radius 1 is 1.28 bits per heavy atom. The first-order chi connectivity index (χ1) is 13.7. The molecule has 0 radical (unpaired) electrons. The van der Waals surface area contributed by atoms with Gasteiger partial charge in [0.1, 0.15) is 17.8 Å². The van der Waals surface area contributed by atoms with E-state index in [9.17, 15) is 14.4 Å². The lowest BCUT2D eigenvalue weighted by Gasteiger charge is -2.43. The van der Waals surface area contributed by atoms with Gasteiger partial charge in [0.2, 0.25) is 5.91 Å². The number of urea groups is 1. The molecule has 0 bridgehead atoms. The monoisotopic (exact) mass is 399 g/mol. The fourth-order valence-corrected chi connectivity index (χ4v) is 5.53. The largest absolute Gasteiger partial charge is 0.493 e. The van der Waals surface area contributed by atoms with E-state index < -0.39 is 11.6 Å². The molecule has 1 spiro atoms. The Hall–Kier alpha value is -2.57. The molecule has 2 fully saturated rings. The fraction of sp³-hybridized carbons (Fsp3) is 0.591. The van der Waals surface area contributed by atoms with E-state index in [1.54, 1.807) is 0 Å². The van der Waals surface area contributed by atoms with Gasteiger partial charge in [0.05, 0.1) is 12.6 Å². The molecule has 29 heavy (non-hydrogen) atoms. The van der Waals surface area contributed by atoms with Gasteiger partial charge in [-0.2, -0.15) is 0 Å². The molecule has 4 amide bonds. The minimum Gasteiger partial charge on any atom is -0.493 e. The molecule has 2 N–H and O–H groups in total. The van der Waals surface area contributed by atoms with Crippen LogP contribution in [0.3, 0.4) is 0 Å². The SMILES string of the molecule is C[C@H]1CC(C)(C)C[C@@]2(C1)NC(=O)N(CC(=O)N[C@@H]1CCOc3ccccc31)C2=O. The Morgan fingerprint density at radius 2 is 2.03 bits per heavy atom. The van der Waals surface area contributed by atoms with Crippen LogP contribution in [0.4, 0.5) is 4.79 Å². The number of hydrogen-bond acceptors (Lipinski definition) is 4. The normalized spacial score (nSPS) is 30.5. The van der Waals surface area contributed by atoms with Gasteiger partial charge in [-0.3, -0.25) is 14.5 Å². The standard InChI is InChI=1S/C22H29N3O4/c1-14-10-21(2,3)13-22(11-14)19(27)25(20(28)24-22)12-18(26)23-16-8-9-29-17-7-5-4-6-15(16)17/h4-7,14,16H,8-13H2,1-3H3,(H,23,26)(H,24,28)/t14-,16+,22+/m0/s1. The maximum atomic E-state index is 13.2. The number of nitrogens with one attached hydrogen (secondary N) is 2. The number of fused-ring (bicyclic) bond motifs is 1. The summed E-state index contributed by atoms with van der Waals surface area (Å²) in [6.07, 6.45) is 2.88. The fourth-order valence-electron chi connectivity index (χ4n) is 5.53. The van der Waals surface area contributed by atoms with Gasteiger partial charge in [-0.15, -0.1) is 0 Å². The van der Waals surface area contributed by atoms with Gasteiger partial charge in [-0.25, -0.2) is 4.79 Å². The first kappa shape index (κ1) is 19.7. The van der Waals surface area contributed by atoms with Gasteiger partial charge in [0.15, 0.2) is 0 Å². The van der Waals surface area contributed by atoms with Crippen molar-refractivity contribution < 1.29 is 19.1 Å². The topological polar surface area (TPSA) is 87.7 Å². The van der Waals surface area contributed by atoms with Crippen LogP contribution in [0, 0.1) is 11.3 Å². The van der Waals surface area contributed by atoms with E-state index in [4.69, 9.17) is 4.74 Å². The number of carbonyl (C=O) groups excluding carboxylic acids is 3. The molecule has 7 heteroatoms. The maximum Gasteiger partial charge on any atom is 0.325 e. The molecular formula is C22H29N3O4. The summed E-state index contributed by atoms with van der Waals surface area (Å²) >= 11 is 0. The number of rotatable bonds is 3. The van der Waals surface area contributed by atoms with Crippen molar-refractivity contribution in [2.45, 2.75) is 58.0 Å². The number of ether oxygens (including phenoxy) is 1. The van der Waals surface area contributed by atoms with Gasteiger partial charge >= 0.3 is 6.03 Å². The highest BCUT2D eigenvalue weighted by atomic mass is 16.5. The molecule has 1 aromatic carbocycles. The van der Waals surface area contributed by atoms with Crippen LogP contribution >= 0.6 is 0 Å². The van der Waals surface area contributed by atoms with Crippen LogP contribution in [0.1, 0.15) is 58.1 Å². The lowest BCUT2D eigenvalue weighted by atomic mass is 9.64. The number of nitrogens with zero attached hydrogens (tertiary/aromatic N) is 1. The van der Waals surface area contributed by atoms with E-state index in [0.29, 0.717) is 31.8 Å². The first-order valence-corrected chi connectivity index (χ1v) is 10.3. The van der Waals surface area contributed by atoms with Crippen LogP contribution in [0.25, 0.3) is 0 Å². The molecule has 3 atom stereocenters. The average Bonchev–Trinajstić information content (AvgIpc) is 2.83. The van der Waals surface area contributed by atoms with E-state index in [2.05, 4.69) is 31.4 Å². The Morgan fingerprint density at radius 3 is 2.79 bits per heavy atom. The average molecular weight is 399 g/mol. The summed E-state index contributed by atoms with van der Waals surface area (Å²) < 4.78 is 5.63. The minimum absolute atomic E-state index is 0.0370. The minimum atomic E-state index is -0.885. The van der Waals surface area contributed by atoms with Crippen molar-refractivity contribution in [2.75, 3.05) is 13.2 Å². The molecule has 7 nitrogen and oxygen atoms in total. The van der Waals surface area contributed by atoms with Gasteiger partial charge in [0.25, 0.3) is 5.91 Å². The van der Waals surface area contributed by atoms with Crippen molar-refractivity contribution in [3.05, 3.63) is 29.8 Å². The quantitative estimate of drug-likeness (QED) is 0.765. The highest BCUT2D eigenvalue weighted by Crippen LogP contribution is 2.46. The van der Waals surface area contributed by atoms with Gasteiger partial charge < -0.3 is 15.4 Å². The van der Waals surface area contributed by atoms with Crippen LogP contribution in [0.5, 0.6) is 5.75 Å². The molecule has 1 saturated heterocycles. The van der Waals surface area contributed by atoms with Crippen molar-refractivity contribution in [2.24, 2.45) is 11.3 Å². The van der Waals surface area contributed by atoms with Crippen molar-refractivity contribution in [1.29, 1.82) is 0 Å². The van der Waals surface area contributed by atoms with Crippen LogP contribution in [-0.4, -0.2) is 41.4 Å². The first-order valence-electron chi connectivity index (χ1n) is 10.3. The second-order valence-electron chi connectivity index (χ2n) is 9.55. The molecule has 3 aliphatic rings. The molecule has 2 heterocycles. The van der Waals surface area contributed by atoms with Crippen molar-refractivity contribution >= 4 is 17.8 Å². The summed E-state index contributed by atoms with van der Waals surface area (Å²) in [6, 6.07) is 6.94. The third kappa shape index (κ3) is 3.70. The number of carbonyl (C=O) groups is 3. The molecule has 0 unspecified atom stereocenters. The summed E-state index contributed by atoms with van der Waals surface area (Å²) in [5, 5.41) is 5.88. The molecule has 156 valence electrons. The molecule has 0 aromatic heterocycles. The summed E-state index contributed by atoms with van der Waals surface area (Å²) in [5.74, 6) is 0.479. The zero-order valence-corrected chi connectivity index (χ0v) is 17.3. The second kappa shape index (κ2) is 7.04. The Bertz CT molecular complexity index is 852. The van der Waals surface area contributed by atoms with E-state index in [1.807, 2.05) is 24.3 Å². The smallest absolute Gasteiger partial charge is 0.325 e. The van der Waals surface area contributed by atoms with Crippen LogP contribution in [-0.2, 0) is 9.59 Å². The van der Waals surface area contributed by atoms with Crippen molar-refractivity contribution in [1.82, 2.24) is 15.5 Å². The predicted molar refractivity (Wildman–Crippen MR) is 107 cm³/mol. The molecule has 1 aliphatic carbocycles. The molecule has 1 aromatic rings. The maximum absolute atomic E-state index is 13.2. The molecule has 1 saturated carbocycles. The molecule has 4 rings (SSSR count). The van der Waals surface area contributed by atoms with Gasteiger partial charge in [-0.05, 0) is 36.7 Å². The highest BCUT2D eigenvalue weighted by Gasteiger charge is 2.56. The lowest BCUT2D eigenvalue weighted by molar-refractivity contribution is -0.137. The van der Waals surface area contributed by atoms with Crippen LogP contribution in [0.2, 0.25) is 0 Å². The van der Waals surface area contributed by atoms with Crippen LogP contribution < -0.4 is 15.4 Å². The van der Waals surface area contributed by atoms with E-state index in [1.165, 1.54) is 0 Å². The van der Waals surface area contributed by atoms with E-state index in [0.717, 1.165) is 22.6 Å². The zero-order chi connectivity index (χ0) is 20.8. The van der Waals surface area contributed by atoms with Crippen molar-refractivity contribution in [3.8, 4) is 5.75 Å². The predicted octanol–water partition coefficient (Wildman–Crippen LogP) is 2.76. The lowest BCUT2D eigenvalue weighted by Crippen LogP contribution is -2.54. The summed E-state index contributed by atoms with van der Waals surface area (Å²) in [4.78, 5) is 39.6. The summed E-state index contributed by atoms with van der Waals surface area (Å²) in [7, 11) is 0. The number of amides is 4. The summed E-state index contributed by atoms with van der Waals surface area (Å²) in [6.45, 7) is 6.62. The number of benzene rings is 1. The Balaban J connectivity index is 1.45. The van der Waals surface area contributed by atoms with E-state index >= 15 is 0 Å². The zero-order valence-electron chi connectivity index (χ0n) is 17.3.